The molecule has 2 amide bonds. The average molecular weight is 443 g/mol. The molecule has 3 aliphatic rings. The molecule has 0 bridgehead atoms. The third-order valence-corrected chi connectivity index (χ3v) is 8.70. The zero-order valence-electron chi connectivity index (χ0n) is 19.7. The Balaban J connectivity index is 1.47. The lowest BCUT2D eigenvalue weighted by Gasteiger charge is -2.56. The van der Waals surface area contributed by atoms with Crippen LogP contribution in [0.1, 0.15) is 76.2 Å². The van der Waals surface area contributed by atoms with E-state index in [1.165, 1.54) is 18.8 Å². The number of fused-ring (bicyclic) bond motifs is 1. The molecule has 2 saturated carbocycles. The second-order valence-corrected chi connectivity index (χ2v) is 10.6. The minimum Gasteiger partial charge on any atom is -0.392 e. The molecule has 2 aliphatic carbocycles. The first-order valence-corrected chi connectivity index (χ1v) is 12.4. The van der Waals surface area contributed by atoms with E-state index < -0.39 is 6.10 Å². The average Bonchev–Trinajstić information content (AvgIpc) is 2.81. The molecule has 0 unspecified atom stereocenters. The number of amides is 2. The van der Waals surface area contributed by atoms with E-state index in [1.807, 2.05) is 11.8 Å². The summed E-state index contributed by atoms with van der Waals surface area (Å²) in [4.78, 5) is 36.0. The van der Waals surface area contributed by atoms with E-state index in [4.69, 9.17) is 0 Å². The number of carbonyl (C=O) groups excluding carboxylic acids is 2. The van der Waals surface area contributed by atoms with E-state index in [0.29, 0.717) is 5.69 Å². The molecule has 7 atom stereocenters. The van der Waals surface area contributed by atoms with Gasteiger partial charge in [-0.2, -0.15) is 0 Å². The molecular formula is C25H38N4O3. The molecule has 176 valence electrons. The SMILES string of the molecule is C[C@H]1[C@@H]2[C@@H](O)[C@H]([C@H](C)C(=O)N3CCCCC3)CC[C@@]2(C)CC[C@@H]1NC(=O)c1cnccn1. The quantitative estimate of drug-likeness (QED) is 0.747. The highest BCUT2D eigenvalue weighted by Crippen LogP contribution is 2.55. The zero-order valence-corrected chi connectivity index (χ0v) is 19.7. The number of aliphatic hydroxyl groups is 1. The van der Waals surface area contributed by atoms with Crippen molar-refractivity contribution < 1.29 is 14.7 Å². The highest BCUT2D eigenvalue weighted by atomic mass is 16.3. The number of aliphatic hydroxyl groups excluding tert-OH is 1. The van der Waals surface area contributed by atoms with Gasteiger partial charge in [-0.15, -0.1) is 0 Å². The fourth-order valence-electron chi connectivity index (χ4n) is 6.74. The Labute approximate surface area is 191 Å². The molecule has 1 saturated heterocycles. The van der Waals surface area contributed by atoms with Crippen LogP contribution in [0.15, 0.2) is 18.6 Å². The van der Waals surface area contributed by atoms with Crippen molar-refractivity contribution in [3.05, 3.63) is 24.3 Å². The molecule has 0 radical (unpaired) electrons. The standard InChI is InChI=1S/C25H38N4O3/c1-16(24(32)29-13-5-4-6-14-29)18-7-9-25(3)10-8-19(17(2)21(25)22(18)30)28-23(31)20-15-26-11-12-27-20/h11-12,15-19,21-22,30H,4-10,13-14H2,1-3H3,(H,28,31)/t16-,17+,18-,19-,21+,22-,25-/m0/s1. The highest BCUT2D eigenvalue weighted by molar-refractivity contribution is 5.92. The summed E-state index contributed by atoms with van der Waals surface area (Å²) >= 11 is 0. The number of rotatable bonds is 4. The van der Waals surface area contributed by atoms with Gasteiger partial charge in [0.2, 0.25) is 5.91 Å². The Morgan fingerprint density at radius 3 is 2.59 bits per heavy atom. The van der Waals surface area contributed by atoms with Crippen molar-refractivity contribution in [3.63, 3.8) is 0 Å². The number of aromatic nitrogens is 2. The van der Waals surface area contributed by atoms with E-state index in [0.717, 1.165) is 51.6 Å². The van der Waals surface area contributed by atoms with Crippen LogP contribution in [0.4, 0.5) is 0 Å². The van der Waals surface area contributed by atoms with E-state index in [9.17, 15) is 14.7 Å². The maximum atomic E-state index is 13.2. The minimum atomic E-state index is -0.538. The zero-order chi connectivity index (χ0) is 22.9. The smallest absolute Gasteiger partial charge is 0.271 e. The third kappa shape index (κ3) is 4.41. The normalized spacial score (nSPS) is 36.1. The van der Waals surface area contributed by atoms with Gasteiger partial charge in [-0.1, -0.05) is 20.8 Å². The summed E-state index contributed by atoms with van der Waals surface area (Å²) in [7, 11) is 0. The number of piperidine rings is 1. The van der Waals surface area contributed by atoms with Gasteiger partial charge in [0.15, 0.2) is 0 Å². The molecule has 32 heavy (non-hydrogen) atoms. The van der Waals surface area contributed by atoms with Crippen LogP contribution in [-0.2, 0) is 4.79 Å². The summed E-state index contributed by atoms with van der Waals surface area (Å²) in [6, 6.07) is -0.0240. The maximum Gasteiger partial charge on any atom is 0.271 e. The first-order chi connectivity index (χ1) is 15.3. The summed E-state index contributed by atoms with van der Waals surface area (Å²) in [5.41, 5.74) is 0.354. The van der Waals surface area contributed by atoms with Gasteiger partial charge in [0, 0.05) is 37.4 Å². The Kier molecular flexibility index (Phi) is 6.84. The lowest BCUT2D eigenvalue weighted by Crippen LogP contribution is -2.58. The molecule has 2 heterocycles. The monoisotopic (exact) mass is 442 g/mol. The van der Waals surface area contributed by atoms with Gasteiger partial charge in [0.25, 0.3) is 5.91 Å². The fraction of sp³-hybridized carbons (Fsp3) is 0.760. The first-order valence-electron chi connectivity index (χ1n) is 12.4. The van der Waals surface area contributed by atoms with Crippen molar-refractivity contribution in [1.82, 2.24) is 20.2 Å². The van der Waals surface area contributed by atoms with Crippen LogP contribution >= 0.6 is 0 Å². The van der Waals surface area contributed by atoms with Crippen LogP contribution in [0.3, 0.4) is 0 Å². The lowest BCUT2D eigenvalue weighted by molar-refractivity contribution is -0.150. The fourth-order valence-corrected chi connectivity index (χ4v) is 6.74. The second kappa shape index (κ2) is 9.46. The van der Waals surface area contributed by atoms with Gasteiger partial charge >= 0.3 is 0 Å². The van der Waals surface area contributed by atoms with Crippen molar-refractivity contribution in [2.75, 3.05) is 13.1 Å². The van der Waals surface area contributed by atoms with Crippen LogP contribution in [-0.4, -0.2) is 57.0 Å². The predicted octanol–water partition coefficient (Wildman–Crippen LogP) is 3.05. The number of nitrogens with zero attached hydrogens (tertiary/aromatic N) is 3. The number of hydrogen-bond acceptors (Lipinski definition) is 5. The number of hydrogen-bond donors (Lipinski definition) is 2. The first kappa shape index (κ1) is 23.1. The Morgan fingerprint density at radius 2 is 1.91 bits per heavy atom. The molecule has 1 aromatic rings. The van der Waals surface area contributed by atoms with Gasteiger partial charge in [-0.25, -0.2) is 4.98 Å². The number of likely N-dealkylation sites (tertiary alicyclic amines) is 1. The highest BCUT2D eigenvalue weighted by Gasteiger charge is 2.54. The van der Waals surface area contributed by atoms with Gasteiger partial charge in [0.1, 0.15) is 5.69 Å². The topological polar surface area (TPSA) is 95.4 Å². The van der Waals surface area contributed by atoms with Crippen molar-refractivity contribution in [2.24, 2.45) is 29.1 Å². The molecule has 4 rings (SSSR count). The third-order valence-electron chi connectivity index (χ3n) is 8.70. The molecule has 2 N–H and O–H groups in total. The lowest BCUT2D eigenvalue weighted by atomic mass is 9.51. The molecule has 0 aromatic carbocycles. The largest absolute Gasteiger partial charge is 0.392 e. The molecule has 1 aromatic heterocycles. The van der Waals surface area contributed by atoms with E-state index in [-0.39, 0.29) is 46.9 Å². The molecule has 7 heteroatoms. The van der Waals surface area contributed by atoms with Gasteiger partial charge in [-0.05, 0) is 68.1 Å². The Hall–Kier alpha value is -2.02. The number of nitrogens with one attached hydrogen (secondary N) is 1. The summed E-state index contributed by atoms with van der Waals surface area (Å²) in [5.74, 6) is -0.0422. The summed E-state index contributed by atoms with van der Waals surface area (Å²) in [6.07, 6.45) is 11.1. The van der Waals surface area contributed by atoms with E-state index >= 15 is 0 Å². The van der Waals surface area contributed by atoms with Crippen LogP contribution in [0.5, 0.6) is 0 Å². The van der Waals surface area contributed by atoms with Crippen molar-refractivity contribution in [3.8, 4) is 0 Å². The molecule has 0 spiro atoms. The Morgan fingerprint density at radius 1 is 1.19 bits per heavy atom. The van der Waals surface area contributed by atoms with Gasteiger partial charge in [0.05, 0.1) is 12.3 Å². The molecule has 7 nitrogen and oxygen atoms in total. The maximum absolute atomic E-state index is 13.2. The van der Waals surface area contributed by atoms with Crippen LogP contribution in [0.2, 0.25) is 0 Å². The van der Waals surface area contributed by atoms with Crippen molar-refractivity contribution >= 4 is 11.8 Å². The van der Waals surface area contributed by atoms with E-state index in [1.54, 1.807) is 6.20 Å². The summed E-state index contributed by atoms with van der Waals surface area (Å²) in [5, 5.41) is 14.7. The van der Waals surface area contributed by atoms with Gasteiger partial charge < -0.3 is 15.3 Å². The molecular weight excluding hydrogens is 404 g/mol. The summed E-state index contributed by atoms with van der Waals surface area (Å²) < 4.78 is 0. The molecule has 1 aliphatic heterocycles. The Bertz CT molecular complexity index is 813. The second-order valence-electron chi connectivity index (χ2n) is 10.6. The van der Waals surface area contributed by atoms with Crippen LogP contribution in [0.25, 0.3) is 0 Å². The molecule has 3 fully saturated rings. The van der Waals surface area contributed by atoms with Crippen molar-refractivity contribution in [1.29, 1.82) is 0 Å². The van der Waals surface area contributed by atoms with Crippen LogP contribution < -0.4 is 5.32 Å². The van der Waals surface area contributed by atoms with E-state index in [2.05, 4.69) is 29.1 Å². The van der Waals surface area contributed by atoms with Crippen LogP contribution in [0, 0.1) is 29.1 Å². The summed E-state index contributed by atoms with van der Waals surface area (Å²) in [6.45, 7) is 8.13. The number of carbonyl (C=O) groups is 2. The minimum absolute atomic E-state index is 0.0240. The predicted molar refractivity (Wildman–Crippen MR) is 122 cm³/mol. The van der Waals surface area contributed by atoms with Crippen molar-refractivity contribution in [2.45, 2.75) is 77.9 Å². The van der Waals surface area contributed by atoms with Gasteiger partial charge in [-0.3, -0.25) is 14.6 Å².